The largest absolute Gasteiger partial charge is 0.506 e. The van der Waals surface area contributed by atoms with Gasteiger partial charge in [-0.1, -0.05) is 30.3 Å². The van der Waals surface area contributed by atoms with E-state index in [1.54, 1.807) is 42.5 Å². The molecule has 0 unspecified atom stereocenters. The number of hydrogen-bond acceptors (Lipinski definition) is 4. The maximum absolute atomic E-state index is 12.7. The molecular formula is C20H18N2O4S. The summed E-state index contributed by atoms with van der Waals surface area (Å²) in [5.41, 5.74) is 1.10. The second kappa shape index (κ2) is 7.51. The molecule has 0 radical (unpaired) electrons. The van der Waals surface area contributed by atoms with E-state index in [2.05, 4.69) is 5.32 Å². The molecule has 3 aromatic carbocycles. The van der Waals surface area contributed by atoms with Gasteiger partial charge in [-0.15, -0.1) is 0 Å². The number of benzene rings is 3. The van der Waals surface area contributed by atoms with Crippen molar-refractivity contribution >= 4 is 27.3 Å². The highest BCUT2D eigenvalue weighted by Crippen LogP contribution is 2.24. The van der Waals surface area contributed by atoms with Crippen LogP contribution in [0, 0.1) is 0 Å². The summed E-state index contributed by atoms with van der Waals surface area (Å²) in [6, 6.07) is 20.7. The lowest BCUT2D eigenvalue weighted by Gasteiger charge is -2.19. The highest BCUT2D eigenvalue weighted by atomic mass is 32.2. The Labute approximate surface area is 157 Å². The Morgan fingerprint density at radius 3 is 2.11 bits per heavy atom. The lowest BCUT2D eigenvalue weighted by atomic mass is 10.2. The molecule has 0 aliphatic carbocycles. The molecule has 27 heavy (non-hydrogen) atoms. The molecule has 0 fully saturated rings. The van der Waals surface area contributed by atoms with E-state index in [4.69, 9.17) is 0 Å². The monoisotopic (exact) mass is 382 g/mol. The molecule has 0 heterocycles. The molecule has 0 saturated carbocycles. The van der Waals surface area contributed by atoms with Crippen molar-refractivity contribution in [2.24, 2.45) is 0 Å². The van der Waals surface area contributed by atoms with Gasteiger partial charge in [-0.25, -0.2) is 8.42 Å². The number of amides is 1. The normalized spacial score (nSPS) is 11.0. The number of sulfonamides is 1. The van der Waals surface area contributed by atoms with E-state index in [9.17, 15) is 18.3 Å². The van der Waals surface area contributed by atoms with Gasteiger partial charge < -0.3 is 10.4 Å². The van der Waals surface area contributed by atoms with Crippen molar-refractivity contribution in [3.8, 4) is 5.75 Å². The van der Waals surface area contributed by atoms with Crippen LogP contribution < -0.4 is 9.62 Å². The average molecular weight is 382 g/mol. The van der Waals surface area contributed by atoms with Crippen LogP contribution in [0.5, 0.6) is 5.75 Å². The number of carbonyl (C=O) groups excluding carboxylic acids is 1. The van der Waals surface area contributed by atoms with Gasteiger partial charge in [-0.3, -0.25) is 9.10 Å². The van der Waals surface area contributed by atoms with Crippen LogP contribution in [0.15, 0.2) is 83.8 Å². The summed E-state index contributed by atoms with van der Waals surface area (Å²) in [7, 11) is -2.26. The van der Waals surface area contributed by atoms with Crippen molar-refractivity contribution < 1.29 is 18.3 Å². The standard InChI is InChI=1S/C20H18N2O4S/c1-22(16-7-3-2-4-8-16)27(25,26)17-13-11-15(12-14-17)20(24)21-18-9-5-6-10-19(18)23/h2-14,23H,1H3,(H,21,24). The molecule has 2 N–H and O–H groups in total. The van der Waals surface area contributed by atoms with Crippen LogP contribution in [0.2, 0.25) is 0 Å². The smallest absolute Gasteiger partial charge is 0.264 e. The third-order valence-corrected chi connectivity index (χ3v) is 5.85. The van der Waals surface area contributed by atoms with Crippen LogP contribution in [-0.2, 0) is 10.0 Å². The lowest BCUT2D eigenvalue weighted by molar-refractivity contribution is 0.102. The molecule has 138 valence electrons. The fourth-order valence-electron chi connectivity index (χ4n) is 2.49. The number of rotatable bonds is 5. The number of nitrogens with one attached hydrogen (secondary N) is 1. The summed E-state index contributed by atoms with van der Waals surface area (Å²) >= 11 is 0. The van der Waals surface area contributed by atoms with E-state index in [0.717, 1.165) is 0 Å². The third kappa shape index (κ3) is 3.93. The molecule has 0 aliphatic rings. The molecule has 0 saturated heterocycles. The number of carbonyl (C=O) groups is 1. The minimum Gasteiger partial charge on any atom is -0.506 e. The van der Waals surface area contributed by atoms with Crippen molar-refractivity contribution in [3.05, 3.63) is 84.4 Å². The van der Waals surface area contributed by atoms with Crippen molar-refractivity contribution in [2.45, 2.75) is 4.90 Å². The summed E-state index contributed by atoms with van der Waals surface area (Å²) in [6.07, 6.45) is 0. The van der Waals surface area contributed by atoms with Gasteiger partial charge in [-0.2, -0.15) is 0 Å². The zero-order valence-corrected chi connectivity index (χ0v) is 15.3. The molecule has 3 rings (SSSR count). The highest BCUT2D eigenvalue weighted by Gasteiger charge is 2.21. The molecule has 1 amide bonds. The summed E-state index contributed by atoms with van der Waals surface area (Å²) in [5, 5.41) is 12.3. The van der Waals surface area contributed by atoms with Crippen LogP contribution in [0.4, 0.5) is 11.4 Å². The van der Waals surface area contributed by atoms with Crippen molar-refractivity contribution in [2.75, 3.05) is 16.7 Å². The molecule has 7 heteroatoms. The molecule has 0 bridgehead atoms. The SMILES string of the molecule is CN(c1ccccc1)S(=O)(=O)c1ccc(C(=O)Nc2ccccc2O)cc1. The van der Waals surface area contributed by atoms with E-state index in [-0.39, 0.29) is 21.9 Å². The van der Waals surface area contributed by atoms with Gasteiger partial charge in [0.15, 0.2) is 0 Å². The lowest BCUT2D eigenvalue weighted by Crippen LogP contribution is -2.26. The second-order valence-corrected chi connectivity index (χ2v) is 7.77. The van der Waals surface area contributed by atoms with Gasteiger partial charge in [-0.05, 0) is 48.5 Å². The fraction of sp³-hybridized carbons (Fsp3) is 0.0500. The van der Waals surface area contributed by atoms with Crippen molar-refractivity contribution in [1.29, 1.82) is 0 Å². The number of nitrogens with zero attached hydrogens (tertiary/aromatic N) is 1. The first-order valence-electron chi connectivity index (χ1n) is 8.13. The van der Waals surface area contributed by atoms with Crippen LogP contribution >= 0.6 is 0 Å². The molecular weight excluding hydrogens is 364 g/mol. The molecule has 0 atom stereocenters. The second-order valence-electron chi connectivity index (χ2n) is 5.80. The zero-order chi connectivity index (χ0) is 19.4. The van der Waals surface area contributed by atoms with E-state index in [0.29, 0.717) is 5.69 Å². The Balaban J connectivity index is 1.80. The Bertz CT molecular complexity index is 1050. The Hall–Kier alpha value is -3.32. The van der Waals surface area contributed by atoms with E-state index < -0.39 is 15.9 Å². The van der Waals surface area contributed by atoms with Crippen LogP contribution in [-0.4, -0.2) is 26.5 Å². The minimum absolute atomic E-state index is 0.0467. The number of para-hydroxylation sites is 3. The number of anilines is 2. The van der Waals surface area contributed by atoms with Gasteiger partial charge in [0.05, 0.1) is 16.3 Å². The maximum Gasteiger partial charge on any atom is 0.264 e. The minimum atomic E-state index is -3.74. The topological polar surface area (TPSA) is 86.7 Å². The molecule has 3 aromatic rings. The number of phenols is 1. The van der Waals surface area contributed by atoms with Gasteiger partial charge in [0.25, 0.3) is 15.9 Å². The number of hydrogen-bond donors (Lipinski definition) is 2. The van der Waals surface area contributed by atoms with Gasteiger partial charge in [0.2, 0.25) is 0 Å². The summed E-state index contributed by atoms with van der Waals surface area (Å²) in [5.74, 6) is -0.494. The van der Waals surface area contributed by atoms with E-state index in [1.165, 1.54) is 41.7 Å². The number of aromatic hydroxyl groups is 1. The Morgan fingerprint density at radius 2 is 1.48 bits per heavy atom. The summed E-state index contributed by atoms with van der Waals surface area (Å²) < 4.78 is 26.7. The predicted molar refractivity (Wildman–Crippen MR) is 105 cm³/mol. The van der Waals surface area contributed by atoms with Crippen LogP contribution in [0.25, 0.3) is 0 Å². The Kier molecular flexibility index (Phi) is 5.14. The molecule has 0 spiro atoms. The van der Waals surface area contributed by atoms with Gasteiger partial charge in [0, 0.05) is 12.6 Å². The number of phenolic OH excluding ortho intramolecular Hbond substituents is 1. The van der Waals surface area contributed by atoms with Gasteiger partial charge >= 0.3 is 0 Å². The first-order chi connectivity index (χ1) is 12.9. The summed E-state index contributed by atoms with van der Waals surface area (Å²) in [4.78, 5) is 12.4. The summed E-state index contributed by atoms with van der Waals surface area (Å²) in [6.45, 7) is 0. The first kappa shape index (κ1) is 18.5. The van der Waals surface area contributed by atoms with Gasteiger partial charge in [0.1, 0.15) is 5.75 Å². The van der Waals surface area contributed by atoms with Crippen molar-refractivity contribution in [1.82, 2.24) is 0 Å². The maximum atomic E-state index is 12.7. The predicted octanol–water partition coefficient (Wildman–Crippen LogP) is 3.47. The molecule has 6 nitrogen and oxygen atoms in total. The van der Waals surface area contributed by atoms with E-state index >= 15 is 0 Å². The average Bonchev–Trinajstić information content (AvgIpc) is 2.70. The highest BCUT2D eigenvalue weighted by molar-refractivity contribution is 7.92. The zero-order valence-electron chi connectivity index (χ0n) is 14.5. The molecule has 0 aliphatic heterocycles. The van der Waals surface area contributed by atoms with Crippen LogP contribution in [0.1, 0.15) is 10.4 Å². The van der Waals surface area contributed by atoms with Crippen LogP contribution in [0.3, 0.4) is 0 Å². The quantitative estimate of drug-likeness (QED) is 0.662. The first-order valence-corrected chi connectivity index (χ1v) is 9.57. The molecule has 0 aromatic heterocycles. The Morgan fingerprint density at radius 1 is 0.889 bits per heavy atom. The van der Waals surface area contributed by atoms with Crippen molar-refractivity contribution in [3.63, 3.8) is 0 Å². The fourth-order valence-corrected chi connectivity index (χ4v) is 3.68. The van der Waals surface area contributed by atoms with E-state index in [1.807, 2.05) is 6.07 Å². The third-order valence-electron chi connectivity index (χ3n) is 4.05.